The number of nitrogens with zero attached hydrogens (tertiary/aromatic N) is 3. The number of methoxy groups -OCH3 is 1. The van der Waals surface area contributed by atoms with E-state index in [2.05, 4.69) is 22.0 Å². The second-order valence-corrected chi connectivity index (χ2v) is 7.27. The van der Waals surface area contributed by atoms with Crippen LogP contribution in [0.1, 0.15) is 45.0 Å². The lowest BCUT2D eigenvalue weighted by Crippen LogP contribution is -2.45. The number of piperidine rings is 1. The zero-order chi connectivity index (χ0) is 15.5. The minimum Gasteiger partial charge on any atom is -0.469 e. The van der Waals surface area contributed by atoms with E-state index in [1.807, 2.05) is 13.8 Å². The third kappa shape index (κ3) is 3.54. The highest BCUT2D eigenvalue weighted by molar-refractivity contribution is 7.15. The molecular weight excluding hydrogens is 286 g/mol. The van der Waals surface area contributed by atoms with E-state index in [4.69, 9.17) is 4.74 Å². The molecule has 1 fully saturated rings. The van der Waals surface area contributed by atoms with Gasteiger partial charge in [-0.05, 0) is 39.0 Å². The van der Waals surface area contributed by atoms with Crippen LogP contribution in [0.3, 0.4) is 0 Å². The van der Waals surface area contributed by atoms with E-state index < -0.39 is 5.41 Å². The molecule has 1 aromatic heterocycles. The van der Waals surface area contributed by atoms with E-state index >= 15 is 0 Å². The third-order valence-electron chi connectivity index (χ3n) is 4.34. The first-order valence-electron chi connectivity index (χ1n) is 7.64. The molecule has 1 atom stereocenters. The van der Waals surface area contributed by atoms with Crippen molar-refractivity contribution >= 4 is 22.4 Å². The molecule has 0 N–H and O–H groups in total. The van der Waals surface area contributed by atoms with Crippen LogP contribution in [0.4, 0.5) is 5.13 Å². The van der Waals surface area contributed by atoms with Gasteiger partial charge in [-0.15, -0.1) is 10.2 Å². The van der Waals surface area contributed by atoms with Gasteiger partial charge in [-0.3, -0.25) is 4.79 Å². The number of anilines is 1. The Kier molecular flexibility index (Phi) is 5.19. The molecule has 21 heavy (non-hydrogen) atoms. The van der Waals surface area contributed by atoms with E-state index in [0.29, 0.717) is 0 Å². The Morgan fingerprint density at radius 2 is 2.24 bits per heavy atom. The van der Waals surface area contributed by atoms with Gasteiger partial charge in [0.1, 0.15) is 5.01 Å². The predicted molar refractivity (Wildman–Crippen MR) is 84.6 cm³/mol. The number of ether oxygens (including phenoxy) is 1. The highest BCUT2D eigenvalue weighted by atomic mass is 32.1. The number of hydrogen-bond donors (Lipinski definition) is 0. The zero-order valence-electron chi connectivity index (χ0n) is 13.4. The first-order chi connectivity index (χ1) is 9.98. The molecule has 118 valence electrons. The van der Waals surface area contributed by atoms with Gasteiger partial charge >= 0.3 is 5.97 Å². The second kappa shape index (κ2) is 6.73. The van der Waals surface area contributed by atoms with Crippen molar-refractivity contribution in [3.05, 3.63) is 5.01 Å². The molecule has 0 aliphatic carbocycles. The third-order valence-corrected chi connectivity index (χ3v) is 5.39. The fourth-order valence-corrected chi connectivity index (χ4v) is 3.83. The van der Waals surface area contributed by atoms with Crippen molar-refractivity contribution in [3.63, 3.8) is 0 Å². The fraction of sp³-hybridized carbons (Fsp3) is 0.800. The predicted octanol–water partition coefficient (Wildman–Crippen LogP) is 2.91. The summed E-state index contributed by atoms with van der Waals surface area (Å²) in [6, 6.07) is 0. The number of carbonyl (C=O) groups is 1. The van der Waals surface area contributed by atoms with Gasteiger partial charge in [0.2, 0.25) is 5.13 Å². The van der Waals surface area contributed by atoms with Gasteiger partial charge in [0, 0.05) is 19.5 Å². The minimum absolute atomic E-state index is 0.127. The lowest BCUT2D eigenvalue weighted by Gasteiger charge is -2.39. The summed E-state index contributed by atoms with van der Waals surface area (Å²) in [6.07, 6.45) is 4.21. The maximum atomic E-state index is 12.0. The Labute approximate surface area is 130 Å². The van der Waals surface area contributed by atoms with Crippen LogP contribution in [0.15, 0.2) is 0 Å². The Morgan fingerprint density at radius 1 is 1.48 bits per heavy atom. The van der Waals surface area contributed by atoms with Crippen molar-refractivity contribution in [1.82, 2.24) is 10.2 Å². The Bertz CT molecular complexity index is 487. The Morgan fingerprint density at radius 3 is 2.90 bits per heavy atom. The summed E-state index contributed by atoms with van der Waals surface area (Å²) < 4.78 is 4.96. The summed E-state index contributed by atoms with van der Waals surface area (Å²) in [6.45, 7) is 7.96. The molecule has 1 unspecified atom stereocenters. The molecule has 0 bridgehead atoms. The largest absolute Gasteiger partial charge is 0.469 e. The molecule has 0 aromatic carbocycles. The van der Waals surface area contributed by atoms with E-state index in [1.54, 1.807) is 11.3 Å². The number of carbonyl (C=O) groups excluding carboxylic acids is 1. The normalized spacial score (nSPS) is 19.6. The number of esters is 1. The topological polar surface area (TPSA) is 55.3 Å². The van der Waals surface area contributed by atoms with Crippen molar-refractivity contribution in [2.45, 2.75) is 46.5 Å². The summed E-state index contributed by atoms with van der Waals surface area (Å²) >= 11 is 1.68. The summed E-state index contributed by atoms with van der Waals surface area (Å²) in [5.74, 6) is 0.163. The Hall–Kier alpha value is -1.17. The fourth-order valence-electron chi connectivity index (χ4n) is 2.86. The van der Waals surface area contributed by atoms with Crippen molar-refractivity contribution < 1.29 is 9.53 Å². The molecule has 1 aliphatic heterocycles. The molecule has 0 spiro atoms. The first-order valence-corrected chi connectivity index (χ1v) is 8.46. The molecule has 2 heterocycles. The monoisotopic (exact) mass is 311 g/mol. The molecule has 1 aromatic rings. The van der Waals surface area contributed by atoms with Crippen LogP contribution in [-0.2, 0) is 16.0 Å². The second-order valence-electron chi connectivity index (χ2n) is 6.23. The van der Waals surface area contributed by atoms with Crippen LogP contribution < -0.4 is 4.90 Å². The summed E-state index contributed by atoms with van der Waals surface area (Å²) in [5, 5.41) is 10.7. The number of aromatic nitrogens is 2. The minimum atomic E-state index is -0.454. The van der Waals surface area contributed by atoms with Crippen molar-refractivity contribution in [2.24, 2.45) is 11.3 Å². The molecule has 2 rings (SSSR count). The molecule has 6 heteroatoms. The van der Waals surface area contributed by atoms with Crippen LogP contribution in [-0.4, -0.2) is 36.4 Å². The van der Waals surface area contributed by atoms with Gasteiger partial charge in [0.05, 0.1) is 12.5 Å². The maximum absolute atomic E-state index is 12.0. The van der Waals surface area contributed by atoms with Crippen LogP contribution >= 0.6 is 11.3 Å². The molecule has 0 radical (unpaired) electrons. The lowest BCUT2D eigenvalue weighted by atomic mass is 9.74. The number of aryl methyl sites for hydroxylation is 1. The van der Waals surface area contributed by atoms with Gasteiger partial charge in [-0.25, -0.2) is 0 Å². The number of hydrogen-bond acceptors (Lipinski definition) is 6. The Balaban J connectivity index is 2.07. The van der Waals surface area contributed by atoms with Crippen molar-refractivity contribution in [1.29, 1.82) is 0 Å². The van der Waals surface area contributed by atoms with Crippen LogP contribution in [0.2, 0.25) is 0 Å². The quantitative estimate of drug-likeness (QED) is 0.783. The molecule has 5 nitrogen and oxygen atoms in total. The van der Waals surface area contributed by atoms with Crippen molar-refractivity contribution in [3.8, 4) is 0 Å². The number of rotatable bonds is 5. The molecule has 1 aliphatic rings. The molecule has 0 saturated carbocycles. The van der Waals surface area contributed by atoms with Crippen LogP contribution in [0.25, 0.3) is 0 Å². The summed E-state index contributed by atoms with van der Waals surface area (Å²) in [7, 11) is 1.46. The van der Waals surface area contributed by atoms with Crippen LogP contribution in [0, 0.1) is 11.3 Å². The maximum Gasteiger partial charge on any atom is 0.311 e. The highest BCUT2D eigenvalue weighted by Gasteiger charge is 2.40. The van der Waals surface area contributed by atoms with E-state index in [9.17, 15) is 4.79 Å². The highest BCUT2D eigenvalue weighted by Crippen LogP contribution is 2.37. The summed E-state index contributed by atoms with van der Waals surface area (Å²) in [5.41, 5.74) is -0.454. The standard InChI is InChI=1S/C15H25N3O2S/c1-5-7-12-16-17-14(21-12)18-9-6-8-11(10-18)15(2,3)13(19)20-4/h11H,5-10H2,1-4H3. The van der Waals surface area contributed by atoms with Gasteiger partial charge in [0.15, 0.2) is 0 Å². The van der Waals surface area contributed by atoms with E-state index in [1.165, 1.54) is 7.11 Å². The SMILES string of the molecule is CCCc1nnc(N2CCCC(C(C)(C)C(=O)OC)C2)s1. The van der Waals surface area contributed by atoms with Gasteiger partial charge in [0.25, 0.3) is 0 Å². The zero-order valence-corrected chi connectivity index (χ0v) is 14.2. The molecule has 0 amide bonds. The van der Waals surface area contributed by atoms with Crippen molar-refractivity contribution in [2.75, 3.05) is 25.1 Å². The first kappa shape index (κ1) is 16.2. The van der Waals surface area contributed by atoms with E-state index in [-0.39, 0.29) is 11.9 Å². The van der Waals surface area contributed by atoms with Gasteiger partial charge < -0.3 is 9.64 Å². The average Bonchev–Trinajstić information content (AvgIpc) is 2.95. The summed E-state index contributed by atoms with van der Waals surface area (Å²) in [4.78, 5) is 14.3. The molecule has 1 saturated heterocycles. The smallest absolute Gasteiger partial charge is 0.311 e. The van der Waals surface area contributed by atoms with Crippen LogP contribution in [0.5, 0.6) is 0 Å². The van der Waals surface area contributed by atoms with Gasteiger partial charge in [-0.1, -0.05) is 18.3 Å². The lowest BCUT2D eigenvalue weighted by molar-refractivity contribution is -0.154. The van der Waals surface area contributed by atoms with Gasteiger partial charge in [-0.2, -0.15) is 0 Å². The average molecular weight is 311 g/mol. The molecular formula is C15H25N3O2S. The van der Waals surface area contributed by atoms with E-state index in [0.717, 1.165) is 48.9 Å².